The minimum absolute atomic E-state index is 0.191. The molecule has 1 fully saturated rings. The quantitative estimate of drug-likeness (QED) is 0.783. The van der Waals surface area contributed by atoms with E-state index in [1.54, 1.807) is 24.3 Å². The summed E-state index contributed by atoms with van der Waals surface area (Å²) in [6.45, 7) is 0. The number of benzene rings is 2. The van der Waals surface area contributed by atoms with Gasteiger partial charge >= 0.3 is 6.03 Å². The van der Waals surface area contributed by atoms with E-state index in [0.717, 1.165) is 24.2 Å². The number of carbonyl (C=O) groups is 2. The lowest BCUT2D eigenvalue weighted by molar-refractivity contribution is 0.102. The van der Waals surface area contributed by atoms with E-state index in [1.165, 1.54) is 0 Å². The van der Waals surface area contributed by atoms with Crippen molar-refractivity contribution in [2.75, 3.05) is 29.6 Å². The van der Waals surface area contributed by atoms with Gasteiger partial charge in [0.05, 0.1) is 11.4 Å². The smallest absolute Gasteiger partial charge is 0.319 e. The van der Waals surface area contributed by atoms with Crippen LogP contribution in [0.25, 0.3) is 0 Å². The van der Waals surface area contributed by atoms with Crippen LogP contribution in [0.2, 0.25) is 0 Å². The summed E-state index contributed by atoms with van der Waals surface area (Å²) in [5, 5.41) is 8.54. The number of hydrogen-bond donors (Lipinski definition) is 3. The van der Waals surface area contributed by atoms with E-state index in [0.29, 0.717) is 17.3 Å². The van der Waals surface area contributed by atoms with Gasteiger partial charge in [-0.2, -0.15) is 0 Å². The number of nitrogens with zero attached hydrogens (tertiary/aromatic N) is 1. The molecule has 0 aromatic heterocycles. The van der Waals surface area contributed by atoms with Crippen molar-refractivity contribution in [2.45, 2.75) is 18.9 Å². The second-order valence-corrected chi connectivity index (χ2v) is 6.32. The SMILES string of the molecule is CN(C)c1ccccc1NC(=O)c1ccc(NC(=O)NC2CC2)cc1. The number of para-hydroxylation sites is 2. The van der Waals surface area contributed by atoms with Crippen LogP contribution in [-0.4, -0.2) is 32.1 Å². The summed E-state index contributed by atoms with van der Waals surface area (Å²) in [4.78, 5) is 26.1. The van der Waals surface area contributed by atoms with Crippen molar-refractivity contribution in [1.82, 2.24) is 5.32 Å². The highest BCUT2D eigenvalue weighted by atomic mass is 16.2. The average molecular weight is 338 g/mol. The molecule has 0 bridgehead atoms. The summed E-state index contributed by atoms with van der Waals surface area (Å²) in [5.41, 5.74) is 2.87. The van der Waals surface area contributed by atoms with Gasteiger partial charge in [-0.1, -0.05) is 12.1 Å². The molecule has 6 heteroatoms. The Labute approximate surface area is 147 Å². The Balaban J connectivity index is 1.63. The van der Waals surface area contributed by atoms with Crippen molar-refractivity contribution < 1.29 is 9.59 Å². The first-order valence-corrected chi connectivity index (χ1v) is 8.28. The molecule has 3 N–H and O–H groups in total. The van der Waals surface area contributed by atoms with Gasteiger partial charge in [0.1, 0.15) is 0 Å². The molecular weight excluding hydrogens is 316 g/mol. The zero-order valence-corrected chi connectivity index (χ0v) is 14.4. The molecular formula is C19H22N4O2. The van der Waals surface area contributed by atoms with Crippen molar-refractivity contribution in [3.05, 3.63) is 54.1 Å². The van der Waals surface area contributed by atoms with Crippen LogP contribution in [0.3, 0.4) is 0 Å². The topological polar surface area (TPSA) is 73.5 Å². The van der Waals surface area contributed by atoms with Crippen molar-refractivity contribution in [3.8, 4) is 0 Å². The third-order valence-corrected chi connectivity index (χ3v) is 3.95. The summed E-state index contributed by atoms with van der Waals surface area (Å²) in [7, 11) is 3.86. The third-order valence-electron chi connectivity index (χ3n) is 3.95. The molecule has 2 aromatic carbocycles. The number of carbonyl (C=O) groups excluding carboxylic acids is 2. The van der Waals surface area contributed by atoms with Gasteiger partial charge in [-0.15, -0.1) is 0 Å². The summed E-state index contributed by atoms with van der Waals surface area (Å²) in [6.07, 6.45) is 2.09. The molecule has 1 aliphatic carbocycles. The molecule has 25 heavy (non-hydrogen) atoms. The van der Waals surface area contributed by atoms with Crippen LogP contribution in [0.1, 0.15) is 23.2 Å². The maximum Gasteiger partial charge on any atom is 0.319 e. The fraction of sp³-hybridized carbons (Fsp3) is 0.263. The monoisotopic (exact) mass is 338 g/mol. The first-order valence-electron chi connectivity index (χ1n) is 8.28. The number of hydrogen-bond acceptors (Lipinski definition) is 3. The summed E-state index contributed by atoms with van der Waals surface area (Å²) in [6, 6.07) is 14.6. The maximum absolute atomic E-state index is 12.4. The Kier molecular flexibility index (Phi) is 4.88. The van der Waals surface area contributed by atoms with E-state index in [2.05, 4.69) is 16.0 Å². The molecule has 2 aromatic rings. The van der Waals surface area contributed by atoms with Gasteiger partial charge in [0.2, 0.25) is 0 Å². The summed E-state index contributed by atoms with van der Waals surface area (Å²) in [5.74, 6) is -0.191. The Morgan fingerprint density at radius 3 is 2.28 bits per heavy atom. The molecule has 1 aliphatic rings. The average Bonchev–Trinajstić information content (AvgIpc) is 3.39. The molecule has 0 saturated heterocycles. The molecule has 3 rings (SSSR count). The number of rotatable bonds is 5. The second kappa shape index (κ2) is 7.25. The van der Waals surface area contributed by atoms with Crippen LogP contribution >= 0.6 is 0 Å². The van der Waals surface area contributed by atoms with E-state index >= 15 is 0 Å². The molecule has 0 atom stereocenters. The molecule has 0 unspecified atom stereocenters. The third kappa shape index (κ3) is 4.50. The standard InChI is InChI=1S/C19H22N4O2/c1-23(2)17-6-4-3-5-16(17)22-18(24)13-7-9-14(10-8-13)20-19(25)21-15-11-12-15/h3-10,15H,11-12H2,1-2H3,(H,22,24)(H2,20,21,25). The Morgan fingerprint density at radius 1 is 0.960 bits per heavy atom. The van der Waals surface area contributed by atoms with Gasteiger partial charge in [0.25, 0.3) is 5.91 Å². The normalized spacial score (nSPS) is 13.0. The van der Waals surface area contributed by atoms with Crippen molar-refractivity contribution in [2.24, 2.45) is 0 Å². The molecule has 0 heterocycles. The van der Waals surface area contributed by atoms with Gasteiger partial charge in [-0.3, -0.25) is 4.79 Å². The van der Waals surface area contributed by atoms with Gasteiger partial charge in [-0.05, 0) is 49.2 Å². The lowest BCUT2D eigenvalue weighted by atomic mass is 10.1. The number of anilines is 3. The minimum Gasteiger partial charge on any atom is -0.376 e. The lowest BCUT2D eigenvalue weighted by Crippen LogP contribution is -2.30. The van der Waals surface area contributed by atoms with Crippen molar-refractivity contribution in [1.29, 1.82) is 0 Å². The van der Waals surface area contributed by atoms with Gasteiger partial charge in [0, 0.05) is 31.4 Å². The molecule has 130 valence electrons. The number of amides is 3. The zero-order valence-electron chi connectivity index (χ0n) is 14.4. The lowest BCUT2D eigenvalue weighted by Gasteiger charge is -2.17. The van der Waals surface area contributed by atoms with Crippen LogP contribution in [0.5, 0.6) is 0 Å². The predicted octanol–water partition coefficient (Wildman–Crippen LogP) is 3.29. The van der Waals surface area contributed by atoms with Crippen LogP contribution in [0.15, 0.2) is 48.5 Å². The molecule has 1 saturated carbocycles. The summed E-state index contributed by atoms with van der Waals surface area (Å²) >= 11 is 0. The van der Waals surface area contributed by atoms with Crippen LogP contribution < -0.4 is 20.9 Å². The van der Waals surface area contributed by atoms with Gasteiger partial charge < -0.3 is 20.9 Å². The highest BCUT2D eigenvalue weighted by Crippen LogP contribution is 2.24. The van der Waals surface area contributed by atoms with Gasteiger partial charge in [-0.25, -0.2) is 4.79 Å². The Bertz CT molecular complexity index is 767. The molecule has 6 nitrogen and oxygen atoms in total. The largest absolute Gasteiger partial charge is 0.376 e. The predicted molar refractivity (Wildman–Crippen MR) is 100 cm³/mol. The van der Waals surface area contributed by atoms with E-state index in [-0.39, 0.29) is 11.9 Å². The van der Waals surface area contributed by atoms with E-state index in [1.807, 2.05) is 43.3 Å². The molecule has 0 spiro atoms. The van der Waals surface area contributed by atoms with Gasteiger partial charge in [0.15, 0.2) is 0 Å². The zero-order chi connectivity index (χ0) is 17.8. The molecule has 0 aliphatic heterocycles. The fourth-order valence-electron chi connectivity index (χ4n) is 2.45. The highest BCUT2D eigenvalue weighted by molar-refractivity contribution is 6.06. The van der Waals surface area contributed by atoms with Crippen molar-refractivity contribution in [3.63, 3.8) is 0 Å². The van der Waals surface area contributed by atoms with E-state index in [9.17, 15) is 9.59 Å². The highest BCUT2D eigenvalue weighted by Gasteiger charge is 2.23. The fourth-order valence-corrected chi connectivity index (χ4v) is 2.45. The second-order valence-electron chi connectivity index (χ2n) is 6.32. The first kappa shape index (κ1) is 16.8. The Hall–Kier alpha value is -3.02. The number of nitrogens with one attached hydrogen (secondary N) is 3. The Morgan fingerprint density at radius 2 is 1.64 bits per heavy atom. The van der Waals surface area contributed by atoms with Crippen molar-refractivity contribution >= 4 is 29.0 Å². The van der Waals surface area contributed by atoms with Crippen LogP contribution in [0.4, 0.5) is 21.9 Å². The van der Waals surface area contributed by atoms with E-state index in [4.69, 9.17) is 0 Å². The van der Waals surface area contributed by atoms with Crippen LogP contribution in [0, 0.1) is 0 Å². The maximum atomic E-state index is 12.4. The minimum atomic E-state index is -0.209. The molecule has 3 amide bonds. The molecule has 0 radical (unpaired) electrons. The first-order chi connectivity index (χ1) is 12.0. The van der Waals surface area contributed by atoms with Crippen LogP contribution in [-0.2, 0) is 0 Å². The van der Waals surface area contributed by atoms with E-state index < -0.39 is 0 Å². The number of urea groups is 1. The summed E-state index contributed by atoms with van der Waals surface area (Å²) < 4.78 is 0.